The Hall–Kier alpha value is -2.48. The lowest BCUT2D eigenvalue weighted by atomic mass is 9.75. The number of aromatic nitrogens is 2. The molecule has 0 unspecified atom stereocenters. The summed E-state index contributed by atoms with van der Waals surface area (Å²) in [5.41, 5.74) is 0.173. The van der Waals surface area contributed by atoms with E-state index in [0.29, 0.717) is 11.8 Å². The van der Waals surface area contributed by atoms with Crippen molar-refractivity contribution in [1.82, 2.24) is 9.97 Å². The molecule has 27 heavy (non-hydrogen) atoms. The van der Waals surface area contributed by atoms with E-state index >= 15 is 0 Å². The lowest BCUT2D eigenvalue weighted by Crippen LogP contribution is -2.37. The van der Waals surface area contributed by atoms with Crippen LogP contribution < -0.4 is 5.32 Å². The topological polar surface area (TPSA) is 64.1 Å². The van der Waals surface area contributed by atoms with E-state index in [1.165, 1.54) is 18.5 Å². The predicted molar refractivity (Wildman–Crippen MR) is 88.6 cm³/mol. The highest BCUT2D eigenvalue weighted by Gasteiger charge is 2.68. The summed E-state index contributed by atoms with van der Waals surface area (Å²) in [7, 11) is 0. The monoisotopic (exact) mass is 375 g/mol. The normalized spacial score (nSPS) is 33.6. The second-order valence-electron chi connectivity index (χ2n) is 7.42. The maximum absolute atomic E-state index is 13.0. The van der Waals surface area contributed by atoms with E-state index in [-0.39, 0.29) is 29.7 Å². The SMILES string of the molecule is O=C(Nc1cccc(C(F)(F)F)c1)[C@H]1[C@@H]2O[C@@H]([C@H]3C[C@H]32)[C@@H]1c1cncnc1. The molecule has 2 aromatic rings. The smallest absolute Gasteiger partial charge is 0.373 e. The van der Waals surface area contributed by atoms with Gasteiger partial charge in [-0.3, -0.25) is 4.79 Å². The number of halogens is 3. The minimum atomic E-state index is -4.46. The number of hydrogen-bond acceptors (Lipinski definition) is 4. The highest BCUT2D eigenvalue weighted by molar-refractivity contribution is 5.94. The van der Waals surface area contributed by atoms with Crippen LogP contribution in [-0.4, -0.2) is 28.1 Å². The molecule has 1 aromatic carbocycles. The third kappa shape index (κ3) is 2.70. The molecule has 1 aromatic heterocycles. The average Bonchev–Trinajstić information content (AvgIpc) is 3.26. The van der Waals surface area contributed by atoms with E-state index in [1.807, 2.05) is 0 Å². The number of nitrogens with zero attached hydrogens (tertiary/aromatic N) is 2. The Balaban J connectivity index is 1.42. The van der Waals surface area contributed by atoms with Crippen LogP contribution in [0.15, 0.2) is 43.0 Å². The Morgan fingerprint density at radius 1 is 1.15 bits per heavy atom. The number of benzene rings is 1. The molecule has 140 valence electrons. The van der Waals surface area contributed by atoms with Crippen LogP contribution in [-0.2, 0) is 15.7 Å². The molecule has 2 aliphatic heterocycles. The van der Waals surface area contributed by atoms with Crippen molar-refractivity contribution in [3.8, 4) is 0 Å². The lowest BCUT2D eigenvalue weighted by molar-refractivity contribution is -0.137. The molecule has 6 atom stereocenters. The molecule has 1 amide bonds. The summed E-state index contributed by atoms with van der Waals surface area (Å²) in [5.74, 6) is -0.128. The first kappa shape index (κ1) is 16.7. The number of alkyl halides is 3. The molecule has 5 nitrogen and oxygen atoms in total. The van der Waals surface area contributed by atoms with Crippen molar-refractivity contribution in [2.45, 2.75) is 30.7 Å². The zero-order valence-corrected chi connectivity index (χ0v) is 14.1. The van der Waals surface area contributed by atoms with Gasteiger partial charge in [0.25, 0.3) is 0 Å². The third-order valence-corrected chi connectivity index (χ3v) is 5.87. The van der Waals surface area contributed by atoms with E-state index < -0.39 is 17.7 Å². The van der Waals surface area contributed by atoms with Crippen LogP contribution in [0.2, 0.25) is 0 Å². The second-order valence-corrected chi connectivity index (χ2v) is 7.42. The number of nitrogens with one attached hydrogen (secondary N) is 1. The molecule has 3 fully saturated rings. The minimum Gasteiger partial charge on any atom is -0.373 e. The van der Waals surface area contributed by atoms with Crippen molar-refractivity contribution in [3.63, 3.8) is 0 Å². The van der Waals surface area contributed by atoms with Gasteiger partial charge in [0.05, 0.1) is 23.7 Å². The first-order chi connectivity index (χ1) is 12.9. The van der Waals surface area contributed by atoms with E-state index in [2.05, 4.69) is 15.3 Å². The summed E-state index contributed by atoms with van der Waals surface area (Å²) in [6, 6.07) is 4.68. The zero-order chi connectivity index (χ0) is 18.8. The highest BCUT2D eigenvalue weighted by atomic mass is 19.4. The Morgan fingerprint density at radius 3 is 2.63 bits per heavy atom. The molecule has 2 bridgehead atoms. The Kier molecular flexibility index (Phi) is 3.56. The van der Waals surface area contributed by atoms with Gasteiger partial charge < -0.3 is 10.1 Å². The molecule has 3 aliphatic rings. The first-order valence-electron chi connectivity index (χ1n) is 8.82. The van der Waals surface area contributed by atoms with Crippen LogP contribution in [0, 0.1) is 17.8 Å². The molecule has 1 N–H and O–H groups in total. The lowest BCUT2D eigenvalue weighted by Gasteiger charge is -2.26. The summed E-state index contributed by atoms with van der Waals surface area (Å²) in [4.78, 5) is 21.1. The molecule has 1 aliphatic carbocycles. The van der Waals surface area contributed by atoms with Gasteiger partial charge in [0.15, 0.2) is 0 Å². The van der Waals surface area contributed by atoms with E-state index in [9.17, 15) is 18.0 Å². The number of anilines is 1. The molecular weight excluding hydrogens is 359 g/mol. The summed E-state index contributed by atoms with van der Waals surface area (Å²) in [6.45, 7) is 0. The molecule has 5 rings (SSSR count). The highest BCUT2D eigenvalue weighted by Crippen LogP contribution is 2.65. The van der Waals surface area contributed by atoms with Crippen LogP contribution in [0.4, 0.5) is 18.9 Å². The molecule has 0 spiro atoms. The molecule has 0 radical (unpaired) electrons. The molecule has 3 heterocycles. The van der Waals surface area contributed by atoms with E-state index in [4.69, 9.17) is 4.74 Å². The first-order valence-corrected chi connectivity index (χ1v) is 8.82. The molecular formula is C19H16F3N3O2. The molecule has 2 saturated heterocycles. The quantitative estimate of drug-likeness (QED) is 0.895. The summed E-state index contributed by atoms with van der Waals surface area (Å²) >= 11 is 0. The van der Waals surface area contributed by atoms with Gasteiger partial charge in [0.2, 0.25) is 5.91 Å². The van der Waals surface area contributed by atoms with Crippen molar-refractivity contribution < 1.29 is 22.7 Å². The Labute approximate surface area is 153 Å². The van der Waals surface area contributed by atoms with Crippen LogP contribution in [0.3, 0.4) is 0 Å². The van der Waals surface area contributed by atoms with Crippen LogP contribution >= 0.6 is 0 Å². The molecule has 8 heteroatoms. The number of carbonyl (C=O) groups excluding carboxylic acids is 1. The van der Waals surface area contributed by atoms with E-state index in [1.54, 1.807) is 12.4 Å². The van der Waals surface area contributed by atoms with Gasteiger partial charge in [-0.05, 0) is 42.0 Å². The van der Waals surface area contributed by atoms with Gasteiger partial charge in [-0.2, -0.15) is 13.2 Å². The van der Waals surface area contributed by atoms with Crippen molar-refractivity contribution in [2.75, 3.05) is 5.32 Å². The van der Waals surface area contributed by atoms with Gasteiger partial charge >= 0.3 is 6.18 Å². The second kappa shape index (κ2) is 5.76. The molecule has 1 saturated carbocycles. The fourth-order valence-corrected chi connectivity index (χ4v) is 4.68. The Morgan fingerprint density at radius 2 is 1.89 bits per heavy atom. The van der Waals surface area contributed by atoms with Crippen LogP contribution in [0.1, 0.15) is 23.5 Å². The van der Waals surface area contributed by atoms with Crippen molar-refractivity contribution >= 4 is 11.6 Å². The van der Waals surface area contributed by atoms with Gasteiger partial charge in [-0.1, -0.05) is 6.07 Å². The van der Waals surface area contributed by atoms with Crippen molar-refractivity contribution in [2.24, 2.45) is 17.8 Å². The van der Waals surface area contributed by atoms with Crippen LogP contribution in [0.5, 0.6) is 0 Å². The maximum atomic E-state index is 13.0. The van der Waals surface area contributed by atoms with Gasteiger partial charge in [-0.25, -0.2) is 9.97 Å². The van der Waals surface area contributed by atoms with Crippen molar-refractivity contribution in [3.05, 3.63) is 54.1 Å². The van der Waals surface area contributed by atoms with E-state index in [0.717, 1.165) is 24.1 Å². The van der Waals surface area contributed by atoms with Gasteiger partial charge in [0, 0.05) is 24.0 Å². The summed E-state index contributed by atoms with van der Waals surface area (Å²) in [5, 5.41) is 2.66. The minimum absolute atomic E-state index is 0.0525. The Bertz CT molecular complexity index is 889. The fourth-order valence-electron chi connectivity index (χ4n) is 4.68. The average molecular weight is 375 g/mol. The van der Waals surface area contributed by atoms with Gasteiger partial charge in [0.1, 0.15) is 6.33 Å². The number of rotatable bonds is 3. The van der Waals surface area contributed by atoms with Crippen molar-refractivity contribution in [1.29, 1.82) is 0 Å². The third-order valence-electron chi connectivity index (χ3n) is 5.87. The number of ether oxygens (including phenoxy) is 1. The van der Waals surface area contributed by atoms with Gasteiger partial charge in [-0.15, -0.1) is 0 Å². The van der Waals surface area contributed by atoms with Crippen LogP contribution in [0.25, 0.3) is 0 Å². The predicted octanol–water partition coefficient (Wildman–Crippen LogP) is 3.25. The number of amides is 1. The summed E-state index contributed by atoms with van der Waals surface area (Å²) < 4.78 is 44.8. The zero-order valence-electron chi connectivity index (χ0n) is 14.1. The number of carbonyl (C=O) groups is 1. The fraction of sp³-hybridized carbons (Fsp3) is 0.421. The largest absolute Gasteiger partial charge is 0.416 e. The number of fused-ring (bicyclic) bond motifs is 5. The summed E-state index contributed by atoms with van der Waals surface area (Å²) in [6.07, 6.45) is 1.12. The number of hydrogen-bond donors (Lipinski definition) is 1. The standard InChI is InChI=1S/C19H16F3N3O2/c20-19(21,22)10-2-1-3-11(4-10)25-18(26)15-14(9-6-23-8-24-7-9)16-12-5-13(12)17(15)27-16/h1-4,6-8,12-17H,5H2,(H,25,26)/t12-,13+,14+,15+,16-,17+/m0/s1. The maximum Gasteiger partial charge on any atom is 0.416 e.